The van der Waals surface area contributed by atoms with Crippen LogP contribution in [-0.2, 0) is 10.8 Å². The second-order valence-corrected chi connectivity index (χ2v) is 18.9. The van der Waals surface area contributed by atoms with Crippen LogP contribution in [0.2, 0.25) is 0 Å². The van der Waals surface area contributed by atoms with Gasteiger partial charge in [-0.1, -0.05) is 153 Å². The average Bonchev–Trinajstić information content (AvgIpc) is 3.67. The summed E-state index contributed by atoms with van der Waals surface area (Å²) in [5.74, 6) is 0. The van der Waals surface area contributed by atoms with Gasteiger partial charge in [0, 0.05) is 16.3 Å². The molecule has 280 valence electrons. The van der Waals surface area contributed by atoms with Gasteiger partial charge in [-0.2, -0.15) is 0 Å². The third kappa shape index (κ3) is 6.67. The highest BCUT2D eigenvalue weighted by atomic mass is 16.3. The second-order valence-electron chi connectivity index (χ2n) is 18.9. The third-order valence-corrected chi connectivity index (χ3v) is 12.9. The lowest BCUT2D eigenvalue weighted by atomic mass is 9.59. The predicted octanol–water partition coefficient (Wildman–Crippen LogP) is 1.89. The molecule has 12 heteroatoms. The van der Waals surface area contributed by atoms with E-state index in [1.54, 1.807) is 0 Å². The fourth-order valence-electron chi connectivity index (χ4n) is 9.23. The Morgan fingerprint density at radius 1 is 0.312 bits per heavy atom. The van der Waals surface area contributed by atoms with Gasteiger partial charge in [-0.05, 0) is 94.6 Å². The minimum atomic E-state index is -0.192. The van der Waals surface area contributed by atoms with E-state index in [9.17, 15) is 0 Å². The van der Waals surface area contributed by atoms with Gasteiger partial charge in [0.2, 0.25) is 0 Å². The monoisotopic (exact) mass is 794 g/mol. The molecule has 0 bridgehead atoms. The fourth-order valence-corrected chi connectivity index (χ4v) is 9.23. The van der Waals surface area contributed by atoms with E-state index in [0.29, 0.717) is 32.9 Å². The Morgan fingerprint density at radius 2 is 0.703 bits per heavy atom. The maximum atomic E-state index is 7.06. The molecule has 0 N–H and O–H groups in total. The van der Waals surface area contributed by atoms with Gasteiger partial charge in [0.25, 0.3) is 0 Å². The van der Waals surface area contributed by atoms with E-state index < -0.39 is 0 Å². The number of hydrogen-bond acceptors (Lipinski definition) is 1. The Labute approximate surface area is 391 Å². The largest absolute Gasteiger partial charge is 0.457 e. The predicted molar refractivity (Wildman–Crippen MR) is 287 cm³/mol. The number of fused-ring (bicyclic) bond motifs is 5. The van der Waals surface area contributed by atoms with Gasteiger partial charge in [-0.3, -0.25) is 0 Å². The maximum absolute atomic E-state index is 7.06. The highest BCUT2D eigenvalue weighted by Crippen LogP contribution is 2.46. The zero-order valence-electron chi connectivity index (χ0n) is 36.9. The molecule has 22 radical (unpaired) electrons. The first kappa shape index (κ1) is 44.0. The molecule has 1 nitrogen and oxygen atoms in total. The van der Waals surface area contributed by atoms with Gasteiger partial charge in [-0.15, -0.1) is 27.3 Å². The molecule has 0 amide bonds. The van der Waals surface area contributed by atoms with Gasteiger partial charge in [0.1, 0.15) is 97.5 Å². The lowest BCUT2D eigenvalue weighted by Crippen LogP contribution is -2.55. The Morgan fingerprint density at radius 3 is 1.23 bits per heavy atom. The minimum absolute atomic E-state index is 0.138. The number of rotatable bonds is 4. The first-order valence-electron chi connectivity index (χ1n) is 21.0. The van der Waals surface area contributed by atoms with Crippen molar-refractivity contribution in [3.63, 3.8) is 0 Å². The molecule has 1 heterocycles. The van der Waals surface area contributed by atoms with Crippen LogP contribution in [0.15, 0.2) is 95.4 Å². The van der Waals surface area contributed by atoms with Crippen LogP contribution in [0.25, 0.3) is 88.0 Å². The standard InChI is InChI=1S/C52H33B11O/c1-51(2,3)25-17-19-28-29(20-25)31(27-18-16-26(52(4,5)6)21-30(27)34(28)36-39(54)42(57)45(60)43(58)40(36)55)23-12-14-24(15-13-23)33-32(22-10-8-7-9-11-22)35-37-41(56)44(59)46(61)48(63)50(37)64-49(35)47(62)38(33)53/h7-21H,1-6H3. The molecular formula is C52H33B11O. The smallest absolute Gasteiger partial charge is 0.128 e. The van der Waals surface area contributed by atoms with Crippen LogP contribution in [0.4, 0.5) is 0 Å². The van der Waals surface area contributed by atoms with Crippen molar-refractivity contribution in [2.24, 2.45) is 0 Å². The molecule has 0 unspecified atom stereocenters. The van der Waals surface area contributed by atoms with E-state index in [1.807, 2.05) is 30.3 Å². The zero-order chi connectivity index (χ0) is 46.1. The first-order valence-corrected chi connectivity index (χ1v) is 21.0. The van der Waals surface area contributed by atoms with Gasteiger partial charge in [-0.25, -0.2) is 0 Å². The molecule has 0 aliphatic rings. The quantitative estimate of drug-likeness (QED) is 0.196. The first-order chi connectivity index (χ1) is 30.1. The molecule has 8 aromatic carbocycles. The van der Waals surface area contributed by atoms with Gasteiger partial charge in [0.05, 0.1) is 0 Å². The molecule has 0 atom stereocenters. The summed E-state index contributed by atoms with van der Waals surface area (Å²) < 4.78 is 6.38. The van der Waals surface area contributed by atoms with Crippen molar-refractivity contribution in [2.45, 2.75) is 52.4 Å². The SMILES string of the molecule is [B]c1c([B])c([B])c(-c2c3ccc(C(C)(C)C)cc3c(-c3ccc(-c4c([B])c([B])c5oc6c([B])c([B])c([B])c([B])c6c5c4-c4ccccc4)cc3)c3ccc(C(C)(C)C)cc23)c([B])c1[B]. The molecule has 0 saturated heterocycles. The Balaban J connectivity index is 1.39. The van der Waals surface area contributed by atoms with E-state index in [0.717, 1.165) is 66.1 Å². The van der Waals surface area contributed by atoms with Crippen molar-refractivity contribution in [1.82, 2.24) is 0 Å². The summed E-state index contributed by atoms with van der Waals surface area (Å²) in [5, 5.41) is 4.96. The van der Waals surface area contributed by atoms with Crippen molar-refractivity contribution in [3.05, 3.63) is 102 Å². The van der Waals surface area contributed by atoms with E-state index in [4.69, 9.17) is 90.7 Å². The summed E-state index contributed by atoms with van der Waals surface area (Å²) in [6.45, 7) is 13.2. The molecule has 0 saturated carbocycles. The fraction of sp³-hybridized carbons (Fsp3) is 0.154. The third-order valence-electron chi connectivity index (χ3n) is 12.9. The van der Waals surface area contributed by atoms with E-state index in [-0.39, 0.29) is 71.0 Å². The van der Waals surface area contributed by atoms with Crippen molar-refractivity contribution in [2.75, 3.05) is 0 Å². The molecule has 0 spiro atoms. The topological polar surface area (TPSA) is 13.1 Å². The average molecular weight is 793 g/mol. The Hall–Kier alpha value is -5.21. The summed E-state index contributed by atoms with van der Waals surface area (Å²) in [6, 6.07) is 31.4. The van der Waals surface area contributed by atoms with Gasteiger partial charge < -0.3 is 4.42 Å². The normalized spacial score (nSPS) is 12.3. The van der Waals surface area contributed by atoms with Crippen LogP contribution in [0, 0.1) is 0 Å². The summed E-state index contributed by atoms with van der Waals surface area (Å²) in [4.78, 5) is 0. The summed E-state index contributed by atoms with van der Waals surface area (Å²) in [5.41, 5.74) is 11.3. The van der Waals surface area contributed by atoms with Crippen LogP contribution in [-0.4, -0.2) is 86.3 Å². The minimum Gasteiger partial charge on any atom is -0.457 e. The molecular weight excluding hydrogens is 760 g/mol. The van der Waals surface area contributed by atoms with E-state index >= 15 is 0 Å². The van der Waals surface area contributed by atoms with E-state index in [2.05, 4.69) is 102 Å². The highest BCUT2D eigenvalue weighted by Gasteiger charge is 2.27. The Bertz CT molecular complexity index is 3420. The van der Waals surface area contributed by atoms with Crippen LogP contribution < -0.4 is 60.1 Å². The number of benzene rings is 8. The highest BCUT2D eigenvalue weighted by molar-refractivity contribution is 6.70. The van der Waals surface area contributed by atoms with Crippen molar-refractivity contribution >= 4 is 190 Å². The zero-order valence-corrected chi connectivity index (χ0v) is 36.9. The van der Waals surface area contributed by atoms with E-state index in [1.165, 1.54) is 0 Å². The molecule has 0 aliphatic carbocycles. The summed E-state index contributed by atoms with van der Waals surface area (Å²) >= 11 is 0. The second kappa shape index (κ2) is 15.5. The number of hydrogen-bond donors (Lipinski definition) is 0. The lowest BCUT2D eigenvalue weighted by Gasteiger charge is -2.28. The van der Waals surface area contributed by atoms with Crippen LogP contribution in [0.1, 0.15) is 52.7 Å². The van der Waals surface area contributed by atoms with Crippen molar-refractivity contribution in [3.8, 4) is 44.5 Å². The lowest BCUT2D eigenvalue weighted by molar-refractivity contribution is 0.590. The van der Waals surface area contributed by atoms with Gasteiger partial charge >= 0.3 is 0 Å². The van der Waals surface area contributed by atoms with Crippen LogP contribution in [0.5, 0.6) is 0 Å². The van der Waals surface area contributed by atoms with Gasteiger partial charge in [0.15, 0.2) is 0 Å². The maximum Gasteiger partial charge on any atom is 0.128 e. The summed E-state index contributed by atoms with van der Waals surface area (Å²) in [7, 11) is 73.1. The summed E-state index contributed by atoms with van der Waals surface area (Å²) in [6.07, 6.45) is 0. The van der Waals surface area contributed by atoms with Crippen LogP contribution in [0.3, 0.4) is 0 Å². The molecule has 0 fully saturated rings. The Kier molecular flexibility index (Phi) is 10.6. The molecule has 1 aromatic heterocycles. The molecule has 64 heavy (non-hydrogen) atoms. The van der Waals surface area contributed by atoms with Crippen molar-refractivity contribution < 1.29 is 4.42 Å². The number of furan rings is 1. The molecule has 0 aliphatic heterocycles. The van der Waals surface area contributed by atoms with Crippen molar-refractivity contribution in [1.29, 1.82) is 0 Å². The molecule has 9 aromatic rings. The molecule has 9 rings (SSSR count). The van der Waals surface area contributed by atoms with Crippen LogP contribution >= 0.6 is 0 Å².